The van der Waals surface area contributed by atoms with Gasteiger partial charge >= 0.3 is 0 Å². The van der Waals surface area contributed by atoms with Gasteiger partial charge in [0.2, 0.25) is 0 Å². The van der Waals surface area contributed by atoms with Crippen molar-refractivity contribution >= 4 is 29.2 Å². The summed E-state index contributed by atoms with van der Waals surface area (Å²) in [6.45, 7) is 7.77. The monoisotopic (exact) mass is 1190 g/mol. The van der Waals surface area contributed by atoms with Crippen LogP contribution in [0.3, 0.4) is 0 Å². The molecule has 0 amide bonds. The van der Waals surface area contributed by atoms with Crippen LogP contribution in [0, 0.1) is 23.3 Å². The summed E-state index contributed by atoms with van der Waals surface area (Å²) >= 11 is 0. The summed E-state index contributed by atoms with van der Waals surface area (Å²) in [6.07, 6.45) is 3.55. The number of fused-ring (bicyclic) bond motifs is 6. The van der Waals surface area contributed by atoms with E-state index >= 15 is 17.6 Å². The van der Waals surface area contributed by atoms with Crippen LogP contribution in [0.4, 0.5) is 34.6 Å². The minimum absolute atomic E-state index is 0.533. The van der Waals surface area contributed by atoms with E-state index in [4.69, 9.17) is 9.47 Å². The van der Waals surface area contributed by atoms with Crippen LogP contribution in [0.25, 0.3) is 56.7 Å². The van der Waals surface area contributed by atoms with Gasteiger partial charge in [0, 0.05) is 17.1 Å². The van der Waals surface area contributed by atoms with Crippen molar-refractivity contribution in [1.29, 1.82) is 0 Å². The third kappa shape index (κ3) is 9.61. The maximum atomic E-state index is 16.2. The van der Waals surface area contributed by atoms with Crippen LogP contribution >= 0.6 is 0 Å². The summed E-state index contributed by atoms with van der Waals surface area (Å²) in [4.78, 5) is 2.21. The zero-order valence-corrected chi connectivity index (χ0v) is 49.1. The first kappa shape index (κ1) is 56.0. The maximum absolute atomic E-state index is 16.2. The van der Waals surface area contributed by atoms with E-state index in [1.54, 1.807) is 24.3 Å². The molecule has 2 aliphatic rings. The summed E-state index contributed by atoms with van der Waals surface area (Å²) in [5, 5.41) is 0. The second-order valence-electron chi connectivity index (χ2n) is 22.9. The van der Waals surface area contributed by atoms with Crippen LogP contribution in [0.2, 0.25) is 0 Å². The Labute approximate surface area is 526 Å². The zero-order valence-electron chi connectivity index (χ0n) is 49.1. The first-order valence-electron chi connectivity index (χ1n) is 30.1. The maximum Gasteiger partial charge on any atom is 0.159 e. The Kier molecular flexibility index (Phi) is 14.1. The fourth-order valence-electron chi connectivity index (χ4n) is 13.8. The summed E-state index contributed by atoms with van der Waals surface area (Å²) in [6, 6.07) is 95.8. The second kappa shape index (κ2) is 22.9. The van der Waals surface area contributed by atoms with Gasteiger partial charge in [-0.15, -0.1) is 0 Å². The summed E-state index contributed by atoms with van der Waals surface area (Å²) in [5.41, 5.74) is 16.0. The van der Waals surface area contributed by atoms with E-state index in [-0.39, 0.29) is 0 Å². The Hall–Kier alpha value is -11.5. The largest absolute Gasteiger partial charge is 0.457 e. The molecule has 0 N–H and O–H groups in total. The topological polar surface area (TPSA) is 21.7 Å². The Bertz CT molecular complexity index is 4700. The quantitative estimate of drug-likeness (QED) is 0.0955. The van der Waals surface area contributed by atoms with Crippen LogP contribution < -0.4 is 14.4 Å². The van der Waals surface area contributed by atoms with Gasteiger partial charge in [-0.1, -0.05) is 207 Å². The standard InChI is InChI=1S/C84H55F4NO2/c1-3-54-21-37-67(38-22-54)90-69-41-27-60(28-42-69)83(62-31-47-79(85)81(87)50-62)75-19-10-8-17-71(75)73-45-35-65(52-77(73)83)89(64-33-25-57(26-34-64)59-16-12-15-58(49-59)56-13-6-5-7-14-56)66-36-46-74-72-18-9-11-20-76(72)84(78(74)53-66,63-32-48-80(86)82(88)51-63)61-29-43-70(44-30-61)91-68-39-23-55(4-2)24-40-68/h3-53H,1-2H2. The highest BCUT2D eigenvalue weighted by atomic mass is 19.2. The van der Waals surface area contributed by atoms with Crippen molar-refractivity contribution < 1.29 is 27.0 Å². The molecule has 2 unspecified atom stereocenters. The number of hydrogen-bond donors (Lipinski definition) is 0. The van der Waals surface area contributed by atoms with Gasteiger partial charge in [0.05, 0.1) is 10.8 Å². The molecule has 2 atom stereocenters. The van der Waals surface area contributed by atoms with Crippen molar-refractivity contribution in [3.05, 3.63) is 389 Å². The smallest absolute Gasteiger partial charge is 0.159 e. The number of rotatable bonds is 15. The first-order chi connectivity index (χ1) is 44.6. The molecule has 0 heterocycles. The molecule has 2 aliphatic carbocycles. The molecule has 0 radical (unpaired) electrons. The van der Waals surface area contributed by atoms with Crippen molar-refractivity contribution in [3.63, 3.8) is 0 Å². The van der Waals surface area contributed by atoms with E-state index in [1.165, 1.54) is 24.3 Å². The van der Waals surface area contributed by atoms with Gasteiger partial charge in [-0.25, -0.2) is 17.6 Å². The average molecular weight is 1190 g/mol. The van der Waals surface area contributed by atoms with Crippen molar-refractivity contribution in [1.82, 2.24) is 0 Å². The van der Waals surface area contributed by atoms with E-state index in [1.807, 2.05) is 140 Å². The van der Waals surface area contributed by atoms with E-state index in [2.05, 4.69) is 139 Å². The van der Waals surface area contributed by atoms with Crippen LogP contribution in [-0.2, 0) is 10.8 Å². The van der Waals surface area contributed by atoms with Crippen LogP contribution in [0.1, 0.15) is 55.6 Å². The molecule has 91 heavy (non-hydrogen) atoms. The molecule has 3 nitrogen and oxygen atoms in total. The van der Waals surface area contributed by atoms with E-state index < -0.39 is 34.1 Å². The normalized spacial score (nSPS) is 15.0. The molecule has 0 bridgehead atoms. The third-order valence-electron chi connectivity index (χ3n) is 18.0. The minimum atomic E-state index is -1.19. The molecular formula is C84H55F4NO2. The number of nitrogens with zero attached hydrogens (tertiary/aromatic N) is 1. The lowest BCUT2D eigenvalue weighted by Crippen LogP contribution is -2.29. The van der Waals surface area contributed by atoms with Gasteiger partial charge in [-0.3, -0.25) is 0 Å². The van der Waals surface area contributed by atoms with Gasteiger partial charge < -0.3 is 14.4 Å². The average Bonchev–Trinajstić information content (AvgIpc) is 1.58. The van der Waals surface area contributed by atoms with Gasteiger partial charge in [-0.2, -0.15) is 0 Å². The molecule has 7 heteroatoms. The second-order valence-corrected chi connectivity index (χ2v) is 22.9. The van der Waals surface area contributed by atoms with Gasteiger partial charge in [-0.05, 0) is 215 Å². The molecule has 13 aromatic rings. The fraction of sp³-hybridized carbons (Fsp3) is 0.0238. The number of anilines is 3. The Balaban J connectivity index is 0.940. The molecular weight excluding hydrogens is 1130 g/mol. The summed E-state index contributed by atoms with van der Waals surface area (Å²) in [5.74, 6) is -1.37. The highest BCUT2D eigenvalue weighted by molar-refractivity contribution is 5.93. The number of ether oxygens (including phenoxy) is 2. The molecule has 436 valence electrons. The van der Waals surface area contributed by atoms with Crippen LogP contribution in [0.5, 0.6) is 23.0 Å². The minimum Gasteiger partial charge on any atom is -0.457 e. The lowest BCUT2D eigenvalue weighted by atomic mass is 9.67. The Morgan fingerprint density at radius 2 is 0.637 bits per heavy atom. The van der Waals surface area contributed by atoms with Crippen LogP contribution in [-0.4, -0.2) is 0 Å². The highest BCUT2D eigenvalue weighted by Gasteiger charge is 2.49. The molecule has 0 fully saturated rings. The van der Waals surface area contributed by atoms with Gasteiger partial charge in [0.15, 0.2) is 23.3 Å². The molecule has 0 saturated heterocycles. The zero-order chi connectivity index (χ0) is 61.8. The van der Waals surface area contributed by atoms with Crippen molar-refractivity contribution in [2.24, 2.45) is 0 Å². The number of hydrogen-bond acceptors (Lipinski definition) is 3. The van der Waals surface area contributed by atoms with E-state index in [9.17, 15) is 0 Å². The number of benzene rings is 13. The third-order valence-corrected chi connectivity index (χ3v) is 18.0. The van der Waals surface area contributed by atoms with Gasteiger partial charge in [0.1, 0.15) is 23.0 Å². The first-order valence-corrected chi connectivity index (χ1v) is 30.1. The van der Waals surface area contributed by atoms with Crippen molar-refractivity contribution in [3.8, 4) is 67.5 Å². The summed E-state index contributed by atoms with van der Waals surface area (Å²) < 4.78 is 75.8. The predicted octanol–water partition coefficient (Wildman–Crippen LogP) is 22.6. The summed E-state index contributed by atoms with van der Waals surface area (Å²) in [7, 11) is 0. The van der Waals surface area contributed by atoms with E-state index in [0.29, 0.717) is 34.1 Å². The van der Waals surface area contributed by atoms with Crippen LogP contribution in [0.15, 0.2) is 310 Å². The lowest BCUT2D eigenvalue weighted by Gasteiger charge is -2.36. The molecule has 0 aromatic heterocycles. The highest BCUT2D eigenvalue weighted by Crippen LogP contribution is 2.60. The number of halogens is 4. The Morgan fingerprint density at radius 3 is 1.07 bits per heavy atom. The fourth-order valence-corrected chi connectivity index (χ4v) is 13.8. The van der Waals surface area contributed by atoms with Crippen molar-refractivity contribution in [2.45, 2.75) is 10.8 Å². The van der Waals surface area contributed by atoms with E-state index in [0.717, 1.165) is 106 Å². The SMILES string of the molecule is C=Cc1ccc(Oc2ccc(C3(c4ccc(F)c(F)c4)c4ccccc4-c4ccc(N(c5ccc(-c6cccc(-c7ccccc7)c6)cc5)c5ccc6c(c5)C(c5ccc(Oc7ccc(C=C)cc7)cc5)(c5ccc(F)c(F)c5)c5ccccc5-6)cc43)cc2)cc1. The van der Waals surface area contributed by atoms with Gasteiger partial charge in [0.25, 0.3) is 0 Å². The molecule has 0 saturated carbocycles. The lowest BCUT2D eigenvalue weighted by molar-refractivity contribution is 0.482. The molecule has 0 spiro atoms. The van der Waals surface area contributed by atoms with Crippen molar-refractivity contribution in [2.75, 3.05) is 4.90 Å². The molecule has 0 aliphatic heterocycles. The Morgan fingerprint density at radius 1 is 0.275 bits per heavy atom. The predicted molar refractivity (Wildman–Crippen MR) is 360 cm³/mol. The molecule has 15 rings (SSSR count). The molecule has 13 aromatic carbocycles.